The van der Waals surface area contributed by atoms with Crippen molar-refractivity contribution in [3.63, 3.8) is 0 Å². The average Bonchev–Trinajstić information content (AvgIpc) is 2.11. The van der Waals surface area contributed by atoms with E-state index in [-0.39, 0.29) is 11.8 Å². The number of hydrogen-bond donors (Lipinski definition) is 2. The van der Waals surface area contributed by atoms with E-state index in [1.165, 1.54) is 21.6 Å². The second-order valence-electron chi connectivity index (χ2n) is 3.05. The van der Waals surface area contributed by atoms with Gasteiger partial charge in [-0.2, -0.15) is 0 Å². The first-order chi connectivity index (χ1) is 6.45. The van der Waals surface area contributed by atoms with E-state index in [9.17, 15) is 9.59 Å². The summed E-state index contributed by atoms with van der Waals surface area (Å²) in [5.74, 6) is -1.38. The maximum Gasteiger partial charge on any atom is 0.307 e. The fourth-order valence-corrected chi connectivity index (χ4v) is 3.13. The highest BCUT2D eigenvalue weighted by molar-refractivity contribution is 8.76. The van der Waals surface area contributed by atoms with Gasteiger partial charge in [0.25, 0.3) is 0 Å². The van der Waals surface area contributed by atoms with Crippen molar-refractivity contribution < 1.29 is 19.8 Å². The Morgan fingerprint density at radius 2 is 1.29 bits per heavy atom. The molecule has 2 N–H and O–H groups in total. The Balaban J connectivity index is 3.47. The normalized spacial score (nSPS) is 14.7. The van der Waals surface area contributed by atoms with E-state index >= 15 is 0 Å². The number of carboxylic acids is 2. The number of hydrogen-bond acceptors (Lipinski definition) is 4. The fourth-order valence-electron chi connectivity index (χ4n) is 0.443. The van der Waals surface area contributed by atoms with E-state index in [0.717, 1.165) is 0 Å². The third kappa shape index (κ3) is 6.15. The Bertz CT molecular complexity index is 186. The Labute approximate surface area is 90.9 Å². The van der Waals surface area contributed by atoms with Crippen LogP contribution in [-0.4, -0.2) is 33.7 Å². The summed E-state index contributed by atoms with van der Waals surface area (Å²) in [6.45, 7) is 3.27. The Kier molecular flexibility index (Phi) is 6.82. The van der Waals surface area contributed by atoms with E-state index in [2.05, 4.69) is 0 Å². The monoisotopic (exact) mass is 238 g/mol. The molecule has 0 aromatic carbocycles. The molecule has 0 spiro atoms. The van der Waals surface area contributed by atoms with E-state index in [1.807, 2.05) is 0 Å². The maximum atomic E-state index is 10.4. The zero-order chi connectivity index (χ0) is 11.1. The van der Waals surface area contributed by atoms with Gasteiger partial charge in [-0.25, -0.2) is 0 Å². The lowest BCUT2D eigenvalue weighted by molar-refractivity contribution is -0.141. The summed E-state index contributed by atoms with van der Waals surface area (Å²) in [5.41, 5.74) is 0. The standard InChI is InChI=1S/C8H14O4S2/c1-5(7(9)10)3-13-14-4-6(2)8(11)12/h5-6H,3-4H2,1-2H3,(H,9,10)(H,11,12)/t5-,6-/m1/s1. The molecule has 0 amide bonds. The molecule has 0 aliphatic rings. The predicted molar refractivity (Wildman–Crippen MR) is 58.5 cm³/mol. The van der Waals surface area contributed by atoms with Gasteiger partial charge in [-0.05, 0) is 0 Å². The minimum absolute atomic E-state index is 0.382. The fraction of sp³-hybridized carbons (Fsp3) is 0.750. The maximum absolute atomic E-state index is 10.4. The van der Waals surface area contributed by atoms with Gasteiger partial charge in [-0.15, -0.1) is 0 Å². The van der Waals surface area contributed by atoms with E-state index in [4.69, 9.17) is 10.2 Å². The summed E-state index contributed by atoms with van der Waals surface area (Å²) in [6, 6.07) is 0. The smallest absolute Gasteiger partial charge is 0.307 e. The molecule has 0 aliphatic carbocycles. The van der Waals surface area contributed by atoms with Crippen molar-refractivity contribution in [2.24, 2.45) is 11.8 Å². The highest BCUT2D eigenvalue weighted by Crippen LogP contribution is 2.26. The molecule has 0 aliphatic heterocycles. The molecule has 0 aromatic heterocycles. The summed E-state index contributed by atoms with van der Waals surface area (Å²) in [5, 5.41) is 17.1. The molecule has 2 atom stereocenters. The summed E-state index contributed by atoms with van der Waals surface area (Å²) in [4.78, 5) is 20.8. The van der Waals surface area contributed by atoms with E-state index in [1.54, 1.807) is 13.8 Å². The van der Waals surface area contributed by atoms with Crippen LogP contribution in [0.1, 0.15) is 13.8 Å². The van der Waals surface area contributed by atoms with Gasteiger partial charge in [0.1, 0.15) is 0 Å². The first-order valence-electron chi connectivity index (χ1n) is 4.15. The lowest BCUT2D eigenvalue weighted by Gasteiger charge is -2.06. The van der Waals surface area contributed by atoms with Gasteiger partial charge in [-0.3, -0.25) is 9.59 Å². The Morgan fingerprint density at radius 1 is 1.00 bits per heavy atom. The molecule has 0 bridgehead atoms. The molecule has 0 fully saturated rings. The van der Waals surface area contributed by atoms with Crippen molar-refractivity contribution in [2.75, 3.05) is 11.5 Å². The van der Waals surface area contributed by atoms with Crippen molar-refractivity contribution >= 4 is 33.5 Å². The zero-order valence-electron chi connectivity index (χ0n) is 8.10. The van der Waals surface area contributed by atoms with Gasteiger partial charge in [0.2, 0.25) is 0 Å². The van der Waals surface area contributed by atoms with Crippen molar-refractivity contribution in [1.82, 2.24) is 0 Å². The second kappa shape index (κ2) is 7.00. The average molecular weight is 238 g/mol. The quantitative estimate of drug-likeness (QED) is 0.520. The topological polar surface area (TPSA) is 74.6 Å². The Morgan fingerprint density at radius 3 is 1.50 bits per heavy atom. The van der Waals surface area contributed by atoms with Crippen LogP contribution in [0.4, 0.5) is 0 Å². The van der Waals surface area contributed by atoms with Crippen LogP contribution in [0.25, 0.3) is 0 Å². The van der Waals surface area contributed by atoms with Crippen molar-refractivity contribution in [1.29, 1.82) is 0 Å². The van der Waals surface area contributed by atoms with Crippen molar-refractivity contribution in [2.45, 2.75) is 13.8 Å². The lowest BCUT2D eigenvalue weighted by atomic mass is 10.2. The molecule has 6 heteroatoms. The van der Waals surface area contributed by atoms with Gasteiger partial charge in [-0.1, -0.05) is 35.4 Å². The van der Waals surface area contributed by atoms with Crippen LogP contribution in [-0.2, 0) is 9.59 Å². The Hall–Kier alpha value is -0.360. The molecule has 14 heavy (non-hydrogen) atoms. The lowest BCUT2D eigenvalue weighted by Crippen LogP contribution is -2.13. The molecular formula is C8H14O4S2. The first-order valence-corrected chi connectivity index (χ1v) is 6.64. The second-order valence-corrected chi connectivity index (χ2v) is 5.60. The summed E-state index contributed by atoms with van der Waals surface area (Å²) < 4.78 is 0. The third-order valence-corrected chi connectivity index (χ3v) is 4.32. The minimum Gasteiger partial charge on any atom is -0.481 e. The molecule has 0 aromatic rings. The van der Waals surface area contributed by atoms with Gasteiger partial charge >= 0.3 is 11.9 Å². The summed E-state index contributed by atoms with van der Waals surface area (Å²) in [7, 11) is 2.82. The number of carboxylic acid groups (broad SMARTS) is 2. The van der Waals surface area contributed by atoms with Crippen LogP contribution in [0, 0.1) is 11.8 Å². The van der Waals surface area contributed by atoms with Gasteiger partial charge in [0.05, 0.1) is 11.8 Å². The van der Waals surface area contributed by atoms with Crippen LogP contribution >= 0.6 is 21.6 Å². The highest BCUT2D eigenvalue weighted by atomic mass is 33.1. The number of carbonyl (C=O) groups is 2. The van der Waals surface area contributed by atoms with Crippen molar-refractivity contribution in [3.05, 3.63) is 0 Å². The van der Waals surface area contributed by atoms with E-state index in [0.29, 0.717) is 11.5 Å². The van der Waals surface area contributed by atoms with Crippen LogP contribution in [0.5, 0.6) is 0 Å². The van der Waals surface area contributed by atoms with E-state index < -0.39 is 11.9 Å². The van der Waals surface area contributed by atoms with Crippen LogP contribution < -0.4 is 0 Å². The molecule has 0 saturated heterocycles. The van der Waals surface area contributed by atoms with Crippen LogP contribution in [0.3, 0.4) is 0 Å². The molecule has 4 nitrogen and oxygen atoms in total. The molecular weight excluding hydrogens is 224 g/mol. The molecule has 0 unspecified atom stereocenters. The highest BCUT2D eigenvalue weighted by Gasteiger charge is 2.13. The zero-order valence-corrected chi connectivity index (χ0v) is 9.73. The van der Waals surface area contributed by atoms with Crippen LogP contribution in [0.2, 0.25) is 0 Å². The summed E-state index contributed by atoms with van der Waals surface area (Å²) in [6.07, 6.45) is 0. The largest absolute Gasteiger partial charge is 0.481 e. The van der Waals surface area contributed by atoms with Gasteiger partial charge in [0.15, 0.2) is 0 Å². The van der Waals surface area contributed by atoms with Crippen molar-refractivity contribution in [3.8, 4) is 0 Å². The number of rotatable bonds is 7. The van der Waals surface area contributed by atoms with Gasteiger partial charge in [0, 0.05) is 11.5 Å². The SMILES string of the molecule is C[C@H](CSSC[C@@H](C)C(=O)O)C(=O)O. The molecule has 0 rings (SSSR count). The van der Waals surface area contributed by atoms with Crippen LogP contribution in [0.15, 0.2) is 0 Å². The molecule has 0 heterocycles. The summed E-state index contributed by atoms with van der Waals surface area (Å²) >= 11 is 0. The molecule has 82 valence electrons. The van der Waals surface area contributed by atoms with Gasteiger partial charge < -0.3 is 10.2 Å². The molecule has 0 saturated carbocycles. The predicted octanol–water partition coefficient (Wildman–Crippen LogP) is 1.81. The first kappa shape index (κ1) is 13.6. The third-order valence-electron chi connectivity index (χ3n) is 1.56. The number of aliphatic carboxylic acids is 2. The minimum atomic E-state index is -0.815. The molecule has 0 radical (unpaired) electrons.